The Morgan fingerprint density at radius 3 is 2.72 bits per heavy atom. The second-order valence-electron chi connectivity index (χ2n) is 8.07. The number of H-pyrrole nitrogens is 1. The number of ether oxygens (including phenoxy) is 2. The number of morpholine rings is 1. The molecular weight excluding hydrogens is 422 g/mol. The molecule has 1 aliphatic rings. The zero-order valence-electron chi connectivity index (χ0n) is 18.1. The number of benzene rings is 2. The summed E-state index contributed by atoms with van der Waals surface area (Å²) in [4.78, 5) is 10.7. The second-order valence-corrected chi connectivity index (χ2v) is 8.50. The first-order valence-electron chi connectivity index (χ1n) is 10.9. The highest BCUT2D eigenvalue weighted by atomic mass is 35.5. The van der Waals surface area contributed by atoms with Crippen molar-refractivity contribution in [3.8, 4) is 28.0 Å². The SMILES string of the molecule is COc1cccc(-c2cncc(-c3c(CCN4CCOCC4)[nH]c4ccc(Cl)cc34)c2)c1. The van der Waals surface area contributed by atoms with Crippen LogP contribution in [-0.2, 0) is 11.2 Å². The van der Waals surface area contributed by atoms with Gasteiger partial charge in [-0.1, -0.05) is 23.7 Å². The van der Waals surface area contributed by atoms with Gasteiger partial charge in [0.05, 0.1) is 20.3 Å². The van der Waals surface area contributed by atoms with Crippen molar-refractivity contribution in [2.75, 3.05) is 40.0 Å². The highest BCUT2D eigenvalue weighted by Crippen LogP contribution is 2.36. The maximum absolute atomic E-state index is 6.38. The summed E-state index contributed by atoms with van der Waals surface area (Å²) in [5.41, 5.74) is 6.68. The fourth-order valence-corrected chi connectivity index (χ4v) is 4.54. The average molecular weight is 448 g/mol. The predicted molar refractivity (Wildman–Crippen MR) is 129 cm³/mol. The number of aromatic amines is 1. The summed E-state index contributed by atoms with van der Waals surface area (Å²) >= 11 is 6.38. The van der Waals surface area contributed by atoms with Gasteiger partial charge >= 0.3 is 0 Å². The van der Waals surface area contributed by atoms with Gasteiger partial charge in [-0.3, -0.25) is 9.88 Å². The van der Waals surface area contributed by atoms with E-state index in [0.717, 1.165) is 77.6 Å². The highest BCUT2D eigenvalue weighted by molar-refractivity contribution is 6.31. The Balaban J connectivity index is 1.55. The van der Waals surface area contributed by atoms with Gasteiger partial charge in [0.2, 0.25) is 0 Å². The second kappa shape index (κ2) is 9.33. The number of hydrogen-bond donors (Lipinski definition) is 1. The van der Waals surface area contributed by atoms with E-state index >= 15 is 0 Å². The number of aromatic nitrogens is 2. The van der Waals surface area contributed by atoms with E-state index in [0.29, 0.717) is 0 Å². The minimum Gasteiger partial charge on any atom is -0.497 e. The standard InChI is InChI=1S/C26H26ClN3O2/c1-31-22-4-2-3-18(14-22)19-13-20(17-28-16-19)26-23-15-21(27)5-6-24(23)29-25(26)7-8-30-9-11-32-12-10-30/h2-6,13-17,29H,7-12H2,1H3. The van der Waals surface area contributed by atoms with E-state index in [1.165, 1.54) is 11.3 Å². The Hall–Kier alpha value is -2.86. The van der Waals surface area contributed by atoms with Gasteiger partial charge in [0, 0.05) is 76.8 Å². The number of halogens is 1. The van der Waals surface area contributed by atoms with Crippen molar-refractivity contribution >= 4 is 22.5 Å². The van der Waals surface area contributed by atoms with Crippen molar-refractivity contribution in [1.82, 2.24) is 14.9 Å². The smallest absolute Gasteiger partial charge is 0.119 e. The quantitative estimate of drug-likeness (QED) is 0.428. The van der Waals surface area contributed by atoms with Gasteiger partial charge in [-0.25, -0.2) is 0 Å². The zero-order chi connectivity index (χ0) is 21.9. The molecule has 1 N–H and O–H groups in total. The Labute approximate surface area is 192 Å². The highest BCUT2D eigenvalue weighted by Gasteiger charge is 2.17. The van der Waals surface area contributed by atoms with E-state index in [9.17, 15) is 0 Å². The molecule has 5 rings (SSSR count). The number of nitrogens with one attached hydrogen (secondary N) is 1. The van der Waals surface area contributed by atoms with Crippen LogP contribution in [0.25, 0.3) is 33.2 Å². The Morgan fingerprint density at radius 2 is 1.88 bits per heavy atom. The number of fused-ring (bicyclic) bond motifs is 1. The number of nitrogens with zero attached hydrogens (tertiary/aromatic N) is 2. The molecule has 0 atom stereocenters. The van der Waals surface area contributed by atoms with Crippen molar-refractivity contribution < 1.29 is 9.47 Å². The summed E-state index contributed by atoms with van der Waals surface area (Å²) in [5.74, 6) is 0.831. The minimum atomic E-state index is 0.731. The molecule has 3 heterocycles. The van der Waals surface area contributed by atoms with E-state index in [1.807, 2.05) is 42.7 Å². The van der Waals surface area contributed by atoms with Crippen LogP contribution >= 0.6 is 11.6 Å². The van der Waals surface area contributed by atoms with Crippen LogP contribution < -0.4 is 4.74 Å². The van der Waals surface area contributed by atoms with E-state index < -0.39 is 0 Å². The largest absolute Gasteiger partial charge is 0.497 e. The molecular formula is C26H26ClN3O2. The monoisotopic (exact) mass is 447 g/mol. The first-order valence-corrected chi connectivity index (χ1v) is 11.3. The molecule has 32 heavy (non-hydrogen) atoms. The Kier molecular flexibility index (Phi) is 6.12. The number of pyridine rings is 1. The van der Waals surface area contributed by atoms with Crippen LogP contribution in [0.3, 0.4) is 0 Å². The first kappa shape index (κ1) is 21.0. The summed E-state index contributed by atoms with van der Waals surface area (Å²) < 4.78 is 10.9. The van der Waals surface area contributed by atoms with Crippen LogP contribution in [0, 0.1) is 0 Å². The minimum absolute atomic E-state index is 0.731. The molecule has 1 aliphatic heterocycles. The van der Waals surface area contributed by atoms with Gasteiger partial charge in [0.25, 0.3) is 0 Å². The molecule has 2 aromatic carbocycles. The molecule has 0 spiro atoms. The molecule has 1 fully saturated rings. The van der Waals surface area contributed by atoms with E-state index in [1.54, 1.807) is 7.11 Å². The molecule has 2 aromatic heterocycles. The lowest BCUT2D eigenvalue weighted by atomic mass is 9.98. The van der Waals surface area contributed by atoms with Gasteiger partial charge in [-0.2, -0.15) is 0 Å². The number of rotatable bonds is 6. The van der Waals surface area contributed by atoms with Crippen LogP contribution in [0.5, 0.6) is 5.75 Å². The van der Waals surface area contributed by atoms with Crippen molar-refractivity contribution in [2.24, 2.45) is 0 Å². The molecule has 0 bridgehead atoms. The maximum atomic E-state index is 6.38. The fourth-order valence-electron chi connectivity index (χ4n) is 4.37. The molecule has 6 heteroatoms. The lowest BCUT2D eigenvalue weighted by Gasteiger charge is -2.26. The van der Waals surface area contributed by atoms with Gasteiger partial charge < -0.3 is 14.5 Å². The molecule has 5 nitrogen and oxygen atoms in total. The Morgan fingerprint density at radius 1 is 1.03 bits per heavy atom. The molecule has 4 aromatic rings. The lowest BCUT2D eigenvalue weighted by molar-refractivity contribution is 0.0384. The average Bonchev–Trinajstić information content (AvgIpc) is 3.21. The van der Waals surface area contributed by atoms with E-state index in [4.69, 9.17) is 21.1 Å². The summed E-state index contributed by atoms with van der Waals surface area (Å²) in [6.45, 7) is 4.56. The molecule has 0 unspecified atom stereocenters. The normalized spacial score (nSPS) is 14.7. The topological polar surface area (TPSA) is 50.4 Å². The third-order valence-electron chi connectivity index (χ3n) is 6.05. The van der Waals surface area contributed by atoms with E-state index in [2.05, 4.69) is 33.1 Å². The van der Waals surface area contributed by atoms with Crippen molar-refractivity contribution in [3.63, 3.8) is 0 Å². The number of hydrogen-bond acceptors (Lipinski definition) is 4. The fraction of sp³-hybridized carbons (Fsp3) is 0.269. The molecule has 1 saturated heterocycles. The molecule has 0 aliphatic carbocycles. The first-order chi connectivity index (χ1) is 15.7. The van der Waals surface area contributed by atoms with E-state index in [-0.39, 0.29) is 0 Å². The van der Waals surface area contributed by atoms with Crippen LogP contribution in [0.4, 0.5) is 0 Å². The molecule has 164 valence electrons. The van der Waals surface area contributed by atoms with Gasteiger partial charge in [-0.05, 0) is 42.0 Å². The summed E-state index contributed by atoms with van der Waals surface area (Å²) in [6.07, 6.45) is 4.75. The summed E-state index contributed by atoms with van der Waals surface area (Å²) in [5, 5.41) is 1.86. The van der Waals surface area contributed by atoms with Gasteiger partial charge in [0.15, 0.2) is 0 Å². The van der Waals surface area contributed by atoms with Crippen molar-refractivity contribution in [3.05, 3.63) is 71.6 Å². The zero-order valence-corrected chi connectivity index (χ0v) is 18.9. The predicted octanol–water partition coefficient (Wildman–Crippen LogP) is 5.43. The van der Waals surface area contributed by atoms with Crippen LogP contribution in [-0.4, -0.2) is 54.8 Å². The van der Waals surface area contributed by atoms with Crippen molar-refractivity contribution in [1.29, 1.82) is 0 Å². The third-order valence-corrected chi connectivity index (χ3v) is 6.29. The van der Waals surface area contributed by atoms with Crippen LogP contribution in [0.15, 0.2) is 60.9 Å². The third kappa shape index (κ3) is 4.37. The summed E-state index contributed by atoms with van der Waals surface area (Å²) in [6, 6.07) is 16.3. The van der Waals surface area contributed by atoms with Crippen LogP contribution in [0.1, 0.15) is 5.69 Å². The van der Waals surface area contributed by atoms with Crippen molar-refractivity contribution in [2.45, 2.75) is 6.42 Å². The van der Waals surface area contributed by atoms with Gasteiger partial charge in [-0.15, -0.1) is 0 Å². The summed E-state index contributed by atoms with van der Waals surface area (Å²) in [7, 11) is 1.68. The molecule has 0 saturated carbocycles. The lowest BCUT2D eigenvalue weighted by Crippen LogP contribution is -2.37. The van der Waals surface area contributed by atoms with Crippen LogP contribution in [0.2, 0.25) is 5.02 Å². The molecule has 0 amide bonds. The number of methoxy groups -OCH3 is 1. The Bertz CT molecular complexity index is 1230. The molecule has 0 radical (unpaired) electrons. The van der Waals surface area contributed by atoms with Gasteiger partial charge in [0.1, 0.15) is 5.75 Å². The maximum Gasteiger partial charge on any atom is 0.119 e.